The smallest absolute Gasteiger partial charge is 0.262 e. The standard InChI is InChI=1S/C17H21N3O3.ClH/c1-11-4-5-12-13(8-11)16(23)20(15(12)22)9-14(21)19-17(10-18)6-2-3-7-17;/h4-5,8H,2-3,6-7,9-10,18H2,1H3,(H,19,21);1H. The second-order valence-corrected chi connectivity index (χ2v) is 6.49. The summed E-state index contributed by atoms with van der Waals surface area (Å²) in [5, 5.41) is 2.94. The molecule has 1 saturated carbocycles. The summed E-state index contributed by atoms with van der Waals surface area (Å²) in [5.74, 6) is -1.14. The number of fused-ring (bicyclic) bond motifs is 1. The van der Waals surface area contributed by atoms with E-state index in [-0.39, 0.29) is 30.4 Å². The molecular weight excluding hydrogens is 330 g/mol. The number of aryl methyl sites for hydroxylation is 1. The number of amides is 3. The highest BCUT2D eigenvalue weighted by Crippen LogP contribution is 2.29. The molecule has 1 aliphatic carbocycles. The summed E-state index contributed by atoms with van der Waals surface area (Å²) in [6.07, 6.45) is 3.75. The van der Waals surface area contributed by atoms with Gasteiger partial charge in [0.25, 0.3) is 11.8 Å². The van der Waals surface area contributed by atoms with Crippen molar-refractivity contribution in [2.45, 2.75) is 38.1 Å². The molecule has 0 saturated heterocycles. The molecule has 3 rings (SSSR count). The minimum Gasteiger partial charge on any atom is -0.348 e. The zero-order valence-electron chi connectivity index (χ0n) is 13.6. The van der Waals surface area contributed by atoms with Crippen molar-refractivity contribution in [3.63, 3.8) is 0 Å². The molecule has 2 aliphatic rings. The Morgan fingerprint density at radius 3 is 2.46 bits per heavy atom. The van der Waals surface area contributed by atoms with Gasteiger partial charge in [0.1, 0.15) is 6.54 Å². The van der Waals surface area contributed by atoms with Crippen molar-refractivity contribution >= 4 is 30.1 Å². The molecule has 1 fully saturated rings. The molecule has 130 valence electrons. The molecule has 6 nitrogen and oxygen atoms in total. The molecule has 1 aliphatic heterocycles. The molecule has 0 spiro atoms. The monoisotopic (exact) mass is 351 g/mol. The minimum atomic E-state index is -0.409. The molecule has 3 N–H and O–H groups in total. The van der Waals surface area contributed by atoms with Gasteiger partial charge < -0.3 is 11.1 Å². The van der Waals surface area contributed by atoms with Crippen molar-refractivity contribution in [3.05, 3.63) is 34.9 Å². The highest BCUT2D eigenvalue weighted by molar-refractivity contribution is 6.22. The first kappa shape index (κ1) is 18.4. The van der Waals surface area contributed by atoms with Crippen LogP contribution in [0.2, 0.25) is 0 Å². The summed E-state index contributed by atoms with van der Waals surface area (Å²) in [7, 11) is 0. The van der Waals surface area contributed by atoms with Crippen LogP contribution in [0.25, 0.3) is 0 Å². The maximum atomic E-state index is 12.4. The van der Waals surface area contributed by atoms with Crippen molar-refractivity contribution in [1.29, 1.82) is 0 Å². The number of nitrogens with two attached hydrogens (primary N) is 1. The number of nitrogens with zero attached hydrogens (tertiary/aromatic N) is 1. The van der Waals surface area contributed by atoms with Gasteiger partial charge in [-0.15, -0.1) is 12.4 Å². The Kier molecular flexibility index (Phi) is 5.30. The van der Waals surface area contributed by atoms with Gasteiger partial charge in [-0.05, 0) is 31.9 Å². The maximum Gasteiger partial charge on any atom is 0.262 e. The average Bonchev–Trinajstić information content (AvgIpc) is 3.07. The number of carbonyl (C=O) groups is 3. The molecule has 24 heavy (non-hydrogen) atoms. The lowest BCUT2D eigenvalue weighted by Crippen LogP contribution is -2.54. The lowest BCUT2D eigenvalue weighted by atomic mass is 9.98. The van der Waals surface area contributed by atoms with Crippen LogP contribution in [0, 0.1) is 6.92 Å². The van der Waals surface area contributed by atoms with Crippen molar-refractivity contribution in [3.8, 4) is 0 Å². The molecule has 1 aromatic carbocycles. The van der Waals surface area contributed by atoms with E-state index in [0.29, 0.717) is 17.7 Å². The predicted molar refractivity (Wildman–Crippen MR) is 92.2 cm³/mol. The fraction of sp³-hybridized carbons (Fsp3) is 0.471. The first-order valence-electron chi connectivity index (χ1n) is 7.94. The summed E-state index contributed by atoms with van der Waals surface area (Å²) < 4.78 is 0. The van der Waals surface area contributed by atoms with Crippen LogP contribution in [0.15, 0.2) is 18.2 Å². The van der Waals surface area contributed by atoms with Crippen molar-refractivity contribution < 1.29 is 14.4 Å². The molecule has 1 aromatic rings. The van der Waals surface area contributed by atoms with Crippen LogP contribution < -0.4 is 11.1 Å². The predicted octanol–water partition coefficient (Wildman–Crippen LogP) is 1.40. The van der Waals surface area contributed by atoms with Gasteiger partial charge in [-0.3, -0.25) is 19.3 Å². The Morgan fingerprint density at radius 2 is 1.83 bits per heavy atom. The third kappa shape index (κ3) is 3.16. The molecule has 0 radical (unpaired) electrons. The number of hydrogen-bond acceptors (Lipinski definition) is 4. The van der Waals surface area contributed by atoms with E-state index in [1.165, 1.54) is 0 Å². The highest BCUT2D eigenvalue weighted by atomic mass is 35.5. The molecule has 0 unspecified atom stereocenters. The van der Waals surface area contributed by atoms with E-state index in [1.54, 1.807) is 18.2 Å². The first-order chi connectivity index (χ1) is 11.0. The van der Waals surface area contributed by atoms with Crippen molar-refractivity contribution in [1.82, 2.24) is 10.2 Å². The lowest BCUT2D eigenvalue weighted by molar-refractivity contribution is -0.123. The molecule has 7 heteroatoms. The molecular formula is C17H22ClN3O3. The van der Waals surface area contributed by atoms with Gasteiger partial charge in [0.05, 0.1) is 16.7 Å². The Bertz CT molecular complexity index is 684. The summed E-state index contributed by atoms with van der Waals surface area (Å²) in [6, 6.07) is 5.11. The minimum absolute atomic E-state index is 0. The maximum absolute atomic E-state index is 12.4. The topological polar surface area (TPSA) is 92.5 Å². The number of hydrogen-bond donors (Lipinski definition) is 2. The average molecular weight is 352 g/mol. The highest BCUT2D eigenvalue weighted by Gasteiger charge is 2.39. The van der Waals surface area contributed by atoms with Crippen LogP contribution in [0.3, 0.4) is 0 Å². The number of imide groups is 1. The van der Waals surface area contributed by atoms with Gasteiger partial charge in [-0.1, -0.05) is 24.5 Å². The summed E-state index contributed by atoms with van der Waals surface area (Å²) in [4.78, 5) is 38.1. The lowest BCUT2D eigenvalue weighted by Gasteiger charge is -2.29. The van der Waals surface area contributed by atoms with Crippen molar-refractivity contribution in [2.24, 2.45) is 5.73 Å². The molecule has 0 atom stereocenters. The van der Waals surface area contributed by atoms with Crippen LogP contribution in [0.1, 0.15) is 52.0 Å². The zero-order chi connectivity index (χ0) is 16.6. The van der Waals surface area contributed by atoms with E-state index in [9.17, 15) is 14.4 Å². The van der Waals surface area contributed by atoms with E-state index < -0.39 is 11.8 Å². The third-order valence-electron chi connectivity index (χ3n) is 4.78. The van der Waals surface area contributed by atoms with E-state index in [2.05, 4.69) is 5.32 Å². The number of nitrogens with one attached hydrogen (secondary N) is 1. The second-order valence-electron chi connectivity index (χ2n) is 6.49. The van der Waals surface area contributed by atoms with Crippen LogP contribution in [-0.2, 0) is 4.79 Å². The molecule has 1 heterocycles. The van der Waals surface area contributed by atoms with Crippen LogP contribution in [0.5, 0.6) is 0 Å². The van der Waals surface area contributed by atoms with Crippen LogP contribution >= 0.6 is 12.4 Å². The Hall–Kier alpha value is -1.92. The third-order valence-corrected chi connectivity index (χ3v) is 4.78. The van der Waals surface area contributed by atoms with E-state index in [4.69, 9.17) is 5.73 Å². The summed E-state index contributed by atoms with van der Waals surface area (Å²) in [5.41, 5.74) is 7.06. The normalized spacial score (nSPS) is 18.3. The number of halogens is 1. The quantitative estimate of drug-likeness (QED) is 0.802. The molecule has 0 bridgehead atoms. The summed E-state index contributed by atoms with van der Waals surface area (Å²) >= 11 is 0. The molecule has 0 aromatic heterocycles. The Morgan fingerprint density at radius 1 is 1.21 bits per heavy atom. The van der Waals surface area contributed by atoms with Gasteiger partial charge in [0, 0.05) is 6.54 Å². The number of carbonyl (C=O) groups excluding carboxylic acids is 3. The SMILES string of the molecule is Cc1ccc2c(c1)C(=O)N(CC(=O)NC1(CN)CCCC1)C2=O.Cl. The van der Waals surface area contributed by atoms with Crippen LogP contribution in [-0.4, -0.2) is 41.2 Å². The fourth-order valence-electron chi connectivity index (χ4n) is 3.46. The van der Waals surface area contributed by atoms with Gasteiger partial charge in [0.2, 0.25) is 5.91 Å². The van der Waals surface area contributed by atoms with Gasteiger partial charge in [-0.2, -0.15) is 0 Å². The van der Waals surface area contributed by atoms with Gasteiger partial charge >= 0.3 is 0 Å². The van der Waals surface area contributed by atoms with E-state index in [1.807, 2.05) is 6.92 Å². The Labute approximate surface area is 147 Å². The second kappa shape index (κ2) is 6.91. The fourth-order valence-corrected chi connectivity index (χ4v) is 3.46. The van der Waals surface area contributed by atoms with Crippen LogP contribution in [0.4, 0.5) is 0 Å². The first-order valence-corrected chi connectivity index (χ1v) is 7.94. The van der Waals surface area contributed by atoms with E-state index in [0.717, 1.165) is 36.1 Å². The zero-order valence-corrected chi connectivity index (χ0v) is 14.4. The Balaban J connectivity index is 0.00000208. The van der Waals surface area contributed by atoms with Gasteiger partial charge in [-0.25, -0.2) is 0 Å². The van der Waals surface area contributed by atoms with Crippen molar-refractivity contribution in [2.75, 3.05) is 13.1 Å². The largest absolute Gasteiger partial charge is 0.348 e. The number of benzene rings is 1. The number of rotatable bonds is 4. The molecule has 3 amide bonds. The summed E-state index contributed by atoms with van der Waals surface area (Å²) in [6.45, 7) is 1.98. The van der Waals surface area contributed by atoms with E-state index >= 15 is 0 Å². The van der Waals surface area contributed by atoms with Gasteiger partial charge in [0.15, 0.2) is 0 Å².